The van der Waals surface area contributed by atoms with E-state index >= 15 is 0 Å². The van der Waals surface area contributed by atoms with Crippen molar-refractivity contribution in [2.45, 2.75) is 0 Å². The van der Waals surface area contributed by atoms with Gasteiger partial charge in [-0.25, -0.2) is 5.43 Å². The molecule has 68 valence electrons. The Morgan fingerprint density at radius 3 is 2.69 bits per heavy atom. The van der Waals surface area contributed by atoms with E-state index in [2.05, 4.69) is 17.4 Å². The van der Waals surface area contributed by atoms with Gasteiger partial charge < -0.3 is 0 Å². The van der Waals surface area contributed by atoms with Crippen LogP contribution in [0.3, 0.4) is 0 Å². The van der Waals surface area contributed by atoms with Crippen LogP contribution < -0.4 is 10.9 Å². The Kier molecular flexibility index (Phi) is 3.73. The first-order chi connectivity index (χ1) is 6.34. The maximum atomic E-state index is 11.3. The molecule has 13 heavy (non-hydrogen) atoms. The third-order valence-corrected chi connectivity index (χ3v) is 1.48. The van der Waals surface area contributed by atoms with E-state index < -0.39 is 0 Å². The lowest BCUT2D eigenvalue weighted by Gasteiger charge is -2.03. The van der Waals surface area contributed by atoms with E-state index in [0.717, 1.165) is 0 Å². The highest BCUT2D eigenvalue weighted by Crippen LogP contribution is 1.96. The van der Waals surface area contributed by atoms with Crippen LogP contribution in [0.5, 0.6) is 0 Å². The van der Waals surface area contributed by atoms with Gasteiger partial charge in [-0.05, 0) is 12.1 Å². The summed E-state index contributed by atoms with van der Waals surface area (Å²) in [6, 6.07) is 9.02. The van der Waals surface area contributed by atoms with Crippen molar-refractivity contribution in [3.63, 3.8) is 0 Å². The number of hydrogen-bond acceptors (Lipinski definition) is 2. The van der Waals surface area contributed by atoms with E-state index in [9.17, 15) is 4.79 Å². The zero-order valence-corrected chi connectivity index (χ0v) is 7.29. The summed E-state index contributed by atoms with van der Waals surface area (Å²) < 4.78 is 0. The quantitative estimate of drug-likeness (QED) is 0.410. The van der Waals surface area contributed by atoms with Crippen molar-refractivity contribution in [2.75, 3.05) is 6.54 Å². The van der Waals surface area contributed by atoms with Crippen LogP contribution in [0.2, 0.25) is 0 Å². The molecule has 0 radical (unpaired) electrons. The van der Waals surface area contributed by atoms with E-state index in [1.54, 1.807) is 18.2 Å². The van der Waals surface area contributed by atoms with Gasteiger partial charge in [0.25, 0.3) is 5.91 Å². The maximum absolute atomic E-state index is 11.3. The number of carbonyl (C=O) groups excluding carboxylic acids is 1. The molecule has 0 heterocycles. The van der Waals surface area contributed by atoms with Gasteiger partial charge in [0.15, 0.2) is 0 Å². The van der Waals surface area contributed by atoms with Gasteiger partial charge in [0.2, 0.25) is 0 Å². The normalized spacial score (nSPS) is 9.23. The minimum Gasteiger partial charge on any atom is -0.287 e. The molecule has 0 spiro atoms. The standard InChI is InChI=1S/C10H12N2O/c1-2-8-11-12-10(13)9-6-4-3-5-7-9/h2-7,11H,1,8H2,(H,12,13). The molecule has 0 saturated heterocycles. The van der Waals surface area contributed by atoms with Gasteiger partial charge >= 0.3 is 0 Å². The summed E-state index contributed by atoms with van der Waals surface area (Å²) in [6.07, 6.45) is 1.67. The van der Waals surface area contributed by atoms with Gasteiger partial charge in [0, 0.05) is 12.1 Å². The van der Waals surface area contributed by atoms with E-state index in [4.69, 9.17) is 0 Å². The molecule has 1 aromatic rings. The number of rotatable bonds is 4. The first-order valence-corrected chi connectivity index (χ1v) is 4.03. The summed E-state index contributed by atoms with van der Waals surface area (Å²) in [5.41, 5.74) is 5.89. The number of hydrogen-bond donors (Lipinski definition) is 2. The number of amides is 1. The fraction of sp³-hybridized carbons (Fsp3) is 0.100. The number of nitrogens with one attached hydrogen (secondary N) is 2. The van der Waals surface area contributed by atoms with E-state index in [1.807, 2.05) is 18.2 Å². The number of benzene rings is 1. The molecule has 0 bridgehead atoms. The third-order valence-electron chi connectivity index (χ3n) is 1.48. The predicted octanol–water partition coefficient (Wildman–Crippen LogP) is 1.11. The summed E-state index contributed by atoms with van der Waals surface area (Å²) in [5, 5.41) is 0. The highest BCUT2D eigenvalue weighted by Gasteiger charge is 2.00. The molecule has 0 unspecified atom stereocenters. The van der Waals surface area contributed by atoms with Crippen LogP contribution in [-0.4, -0.2) is 12.5 Å². The van der Waals surface area contributed by atoms with Crippen molar-refractivity contribution in [1.82, 2.24) is 10.9 Å². The second kappa shape index (κ2) is 5.11. The van der Waals surface area contributed by atoms with Crippen molar-refractivity contribution < 1.29 is 4.79 Å². The lowest BCUT2D eigenvalue weighted by atomic mass is 10.2. The average molecular weight is 176 g/mol. The summed E-state index contributed by atoms with van der Waals surface area (Å²) in [5.74, 6) is -0.137. The molecule has 3 nitrogen and oxygen atoms in total. The largest absolute Gasteiger partial charge is 0.287 e. The van der Waals surface area contributed by atoms with Crippen LogP contribution in [0.15, 0.2) is 43.0 Å². The lowest BCUT2D eigenvalue weighted by Crippen LogP contribution is -2.37. The molecule has 0 aliphatic heterocycles. The third kappa shape index (κ3) is 3.09. The molecule has 0 aliphatic rings. The second-order valence-electron chi connectivity index (χ2n) is 2.49. The predicted molar refractivity (Wildman–Crippen MR) is 52.1 cm³/mol. The Morgan fingerprint density at radius 1 is 1.38 bits per heavy atom. The zero-order chi connectivity index (χ0) is 9.52. The smallest absolute Gasteiger partial charge is 0.265 e. The molecule has 0 aliphatic carbocycles. The molecule has 0 atom stereocenters. The Balaban J connectivity index is 2.45. The summed E-state index contributed by atoms with van der Waals surface area (Å²) in [6.45, 7) is 4.07. The van der Waals surface area contributed by atoms with Gasteiger partial charge in [-0.1, -0.05) is 24.3 Å². The van der Waals surface area contributed by atoms with Crippen molar-refractivity contribution >= 4 is 5.91 Å². The molecule has 1 amide bonds. The molecular weight excluding hydrogens is 164 g/mol. The highest BCUT2D eigenvalue weighted by atomic mass is 16.2. The van der Waals surface area contributed by atoms with Gasteiger partial charge in [0.05, 0.1) is 0 Å². The van der Waals surface area contributed by atoms with Crippen molar-refractivity contribution in [3.05, 3.63) is 48.6 Å². The topological polar surface area (TPSA) is 41.1 Å². The molecular formula is C10H12N2O. The van der Waals surface area contributed by atoms with Crippen molar-refractivity contribution in [3.8, 4) is 0 Å². The second-order valence-corrected chi connectivity index (χ2v) is 2.49. The van der Waals surface area contributed by atoms with Crippen LogP contribution in [0, 0.1) is 0 Å². The molecule has 0 aromatic heterocycles. The minimum atomic E-state index is -0.137. The SMILES string of the molecule is C=CCNNC(=O)c1ccccc1. The Bertz CT molecular complexity index is 282. The van der Waals surface area contributed by atoms with Gasteiger partial charge in [0.1, 0.15) is 0 Å². The number of hydrazine groups is 1. The molecule has 1 rings (SSSR count). The van der Waals surface area contributed by atoms with Crippen LogP contribution >= 0.6 is 0 Å². The summed E-state index contributed by atoms with van der Waals surface area (Å²) in [4.78, 5) is 11.3. The maximum Gasteiger partial charge on any atom is 0.265 e. The van der Waals surface area contributed by atoms with Crippen LogP contribution in [0.4, 0.5) is 0 Å². The Hall–Kier alpha value is -1.61. The first-order valence-electron chi connectivity index (χ1n) is 4.03. The van der Waals surface area contributed by atoms with Gasteiger partial charge in [-0.3, -0.25) is 10.2 Å². The molecule has 2 N–H and O–H groups in total. The fourth-order valence-electron chi connectivity index (χ4n) is 0.865. The molecule has 0 fully saturated rings. The average Bonchev–Trinajstić information content (AvgIpc) is 2.19. The van der Waals surface area contributed by atoms with E-state index in [0.29, 0.717) is 12.1 Å². The minimum absolute atomic E-state index is 0.137. The van der Waals surface area contributed by atoms with Gasteiger partial charge in [-0.15, -0.1) is 6.58 Å². The van der Waals surface area contributed by atoms with Crippen molar-refractivity contribution in [2.24, 2.45) is 0 Å². The molecule has 0 saturated carbocycles. The first kappa shape index (κ1) is 9.48. The van der Waals surface area contributed by atoms with E-state index in [-0.39, 0.29) is 5.91 Å². The van der Waals surface area contributed by atoms with Crippen LogP contribution in [-0.2, 0) is 0 Å². The van der Waals surface area contributed by atoms with Gasteiger partial charge in [-0.2, -0.15) is 0 Å². The molecule has 1 aromatic carbocycles. The van der Waals surface area contributed by atoms with Crippen LogP contribution in [0.25, 0.3) is 0 Å². The number of carbonyl (C=O) groups is 1. The Morgan fingerprint density at radius 2 is 2.08 bits per heavy atom. The van der Waals surface area contributed by atoms with Crippen LogP contribution in [0.1, 0.15) is 10.4 Å². The summed E-state index contributed by atoms with van der Waals surface area (Å²) in [7, 11) is 0. The molecule has 3 heteroatoms. The van der Waals surface area contributed by atoms with E-state index in [1.165, 1.54) is 0 Å². The zero-order valence-electron chi connectivity index (χ0n) is 7.29. The fourth-order valence-corrected chi connectivity index (χ4v) is 0.865. The highest BCUT2D eigenvalue weighted by molar-refractivity contribution is 5.93. The summed E-state index contributed by atoms with van der Waals surface area (Å²) >= 11 is 0. The Labute approximate surface area is 77.4 Å². The lowest BCUT2D eigenvalue weighted by molar-refractivity contribution is 0.0935. The van der Waals surface area contributed by atoms with Crippen molar-refractivity contribution in [1.29, 1.82) is 0 Å². The monoisotopic (exact) mass is 176 g/mol.